The smallest absolute Gasteiger partial charge is 0.272 e. The van der Waals surface area contributed by atoms with Crippen LogP contribution in [0.2, 0.25) is 0 Å². The molecule has 0 unspecified atom stereocenters. The second kappa shape index (κ2) is 5.74. The van der Waals surface area contributed by atoms with Gasteiger partial charge in [-0.25, -0.2) is 0 Å². The van der Waals surface area contributed by atoms with E-state index in [2.05, 4.69) is 0 Å². The molecule has 5 heteroatoms. The van der Waals surface area contributed by atoms with E-state index in [0.717, 1.165) is 5.75 Å². The average molecular weight is 256 g/mol. The zero-order chi connectivity index (χ0) is 13.7. The highest BCUT2D eigenvalue weighted by atomic mass is 16.5. The van der Waals surface area contributed by atoms with Crippen molar-refractivity contribution in [3.8, 4) is 17.6 Å². The van der Waals surface area contributed by atoms with Crippen molar-refractivity contribution in [1.82, 2.24) is 4.57 Å². The van der Waals surface area contributed by atoms with E-state index in [-0.39, 0.29) is 11.3 Å². The fourth-order valence-corrected chi connectivity index (χ4v) is 1.62. The van der Waals surface area contributed by atoms with Gasteiger partial charge >= 0.3 is 0 Å². The summed E-state index contributed by atoms with van der Waals surface area (Å²) in [4.78, 5) is 11.8. The van der Waals surface area contributed by atoms with Crippen molar-refractivity contribution in [3.05, 3.63) is 58.5 Å². The summed E-state index contributed by atoms with van der Waals surface area (Å²) in [6.45, 7) is 0.613. The van der Waals surface area contributed by atoms with Crippen LogP contribution in [0.5, 0.6) is 11.5 Å². The van der Waals surface area contributed by atoms with Gasteiger partial charge in [-0.05, 0) is 18.2 Å². The summed E-state index contributed by atoms with van der Waals surface area (Å²) in [6, 6.07) is 12.2. The van der Waals surface area contributed by atoms with Crippen molar-refractivity contribution in [1.29, 1.82) is 5.26 Å². The van der Waals surface area contributed by atoms with Gasteiger partial charge in [-0.15, -0.1) is 0 Å². The van der Waals surface area contributed by atoms with Gasteiger partial charge in [0.15, 0.2) is 5.56 Å². The van der Waals surface area contributed by atoms with E-state index in [1.807, 2.05) is 30.3 Å². The Morgan fingerprint density at radius 1 is 1.26 bits per heavy atom. The zero-order valence-corrected chi connectivity index (χ0v) is 10.1. The van der Waals surface area contributed by atoms with E-state index in [0.29, 0.717) is 13.2 Å². The van der Waals surface area contributed by atoms with Gasteiger partial charge in [0.2, 0.25) is 0 Å². The second-order valence-corrected chi connectivity index (χ2v) is 3.85. The van der Waals surface area contributed by atoms with Gasteiger partial charge in [0.25, 0.3) is 5.56 Å². The Morgan fingerprint density at radius 3 is 2.68 bits per heavy atom. The topological polar surface area (TPSA) is 75.2 Å². The highest BCUT2D eigenvalue weighted by Gasteiger charge is 2.08. The van der Waals surface area contributed by atoms with Gasteiger partial charge in [0.1, 0.15) is 24.2 Å². The number of benzene rings is 1. The lowest BCUT2D eigenvalue weighted by atomic mass is 10.2. The SMILES string of the molecule is N#Cc1c(O)ccn(CCOc2ccccc2)c1=O. The van der Waals surface area contributed by atoms with Crippen LogP contribution in [0, 0.1) is 11.3 Å². The summed E-state index contributed by atoms with van der Waals surface area (Å²) in [5, 5.41) is 18.1. The molecule has 0 atom stereocenters. The Hall–Kier alpha value is -2.74. The highest BCUT2D eigenvalue weighted by molar-refractivity contribution is 5.39. The van der Waals surface area contributed by atoms with Gasteiger partial charge in [0.05, 0.1) is 6.54 Å². The minimum atomic E-state index is -0.515. The molecule has 5 nitrogen and oxygen atoms in total. The minimum absolute atomic E-state index is 0.248. The zero-order valence-electron chi connectivity index (χ0n) is 10.1. The monoisotopic (exact) mass is 256 g/mol. The summed E-state index contributed by atoms with van der Waals surface area (Å²) in [5.74, 6) is 0.419. The maximum atomic E-state index is 11.8. The fraction of sp³-hybridized carbons (Fsp3) is 0.143. The van der Waals surface area contributed by atoms with E-state index in [4.69, 9.17) is 10.00 Å². The molecule has 2 aromatic rings. The normalized spacial score (nSPS) is 9.84. The molecule has 0 aliphatic heterocycles. The first-order valence-electron chi connectivity index (χ1n) is 5.72. The largest absolute Gasteiger partial charge is 0.506 e. The highest BCUT2D eigenvalue weighted by Crippen LogP contribution is 2.10. The number of para-hydroxylation sites is 1. The molecule has 0 spiro atoms. The number of pyridine rings is 1. The van der Waals surface area contributed by atoms with E-state index in [1.165, 1.54) is 16.8 Å². The molecule has 2 rings (SSSR count). The molecule has 0 bridgehead atoms. The molecular weight excluding hydrogens is 244 g/mol. The third kappa shape index (κ3) is 2.93. The van der Waals surface area contributed by atoms with Crippen molar-refractivity contribution in [3.63, 3.8) is 0 Å². The molecule has 0 fully saturated rings. The van der Waals surface area contributed by atoms with Crippen molar-refractivity contribution in [2.24, 2.45) is 0 Å². The van der Waals surface area contributed by atoms with Crippen LogP contribution in [0.25, 0.3) is 0 Å². The van der Waals surface area contributed by atoms with Crippen LogP contribution < -0.4 is 10.3 Å². The van der Waals surface area contributed by atoms with Gasteiger partial charge in [-0.3, -0.25) is 4.79 Å². The predicted molar refractivity (Wildman–Crippen MR) is 69.0 cm³/mol. The third-order valence-electron chi connectivity index (χ3n) is 2.60. The quantitative estimate of drug-likeness (QED) is 0.899. The first-order valence-corrected chi connectivity index (χ1v) is 5.72. The lowest BCUT2D eigenvalue weighted by Crippen LogP contribution is -2.24. The number of nitriles is 1. The fourth-order valence-electron chi connectivity index (χ4n) is 1.62. The van der Waals surface area contributed by atoms with Crippen LogP contribution in [-0.4, -0.2) is 16.3 Å². The van der Waals surface area contributed by atoms with Gasteiger partial charge in [0, 0.05) is 6.20 Å². The van der Waals surface area contributed by atoms with E-state index in [9.17, 15) is 9.90 Å². The van der Waals surface area contributed by atoms with Crippen molar-refractivity contribution < 1.29 is 9.84 Å². The van der Waals surface area contributed by atoms with Crippen LogP contribution in [-0.2, 0) is 6.54 Å². The van der Waals surface area contributed by atoms with Crippen LogP contribution in [0.15, 0.2) is 47.4 Å². The van der Waals surface area contributed by atoms with Crippen LogP contribution in [0.3, 0.4) is 0 Å². The molecule has 1 heterocycles. The van der Waals surface area contributed by atoms with Crippen LogP contribution in [0.4, 0.5) is 0 Å². The lowest BCUT2D eigenvalue weighted by molar-refractivity contribution is 0.296. The molecule has 96 valence electrons. The standard InChI is InChI=1S/C14H12N2O3/c15-10-12-13(17)6-7-16(14(12)18)8-9-19-11-4-2-1-3-5-11/h1-7,17H,8-9H2. The van der Waals surface area contributed by atoms with Crippen LogP contribution >= 0.6 is 0 Å². The number of nitrogens with zero attached hydrogens (tertiary/aromatic N) is 2. The molecule has 0 amide bonds. The lowest BCUT2D eigenvalue weighted by Gasteiger charge is -2.08. The maximum absolute atomic E-state index is 11.8. The molecule has 1 aromatic heterocycles. The maximum Gasteiger partial charge on any atom is 0.272 e. The minimum Gasteiger partial charge on any atom is -0.506 e. The van der Waals surface area contributed by atoms with Crippen molar-refractivity contribution >= 4 is 0 Å². The van der Waals surface area contributed by atoms with Crippen molar-refractivity contribution in [2.75, 3.05) is 6.61 Å². The van der Waals surface area contributed by atoms with Gasteiger partial charge in [-0.2, -0.15) is 5.26 Å². The molecular formula is C14H12N2O3. The number of hydrogen-bond acceptors (Lipinski definition) is 4. The Morgan fingerprint density at radius 2 is 2.00 bits per heavy atom. The summed E-state index contributed by atoms with van der Waals surface area (Å²) < 4.78 is 6.80. The van der Waals surface area contributed by atoms with E-state index < -0.39 is 5.56 Å². The molecule has 0 saturated heterocycles. The molecule has 19 heavy (non-hydrogen) atoms. The number of aromatic hydroxyl groups is 1. The van der Waals surface area contributed by atoms with Crippen LogP contribution in [0.1, 0.15) is 5.56 Å². The van der Waals surface area contributed by atoms with Gasteiger partial charge in [-0.1, -0.05) is 18.2 Å². The number of rotatable bonds is 4. The average Bonchev–Trinajstić information content (AvgIpc) is 2.43. The molecule has 0 aliphatic carbocycles. The molecule has 1 N–H and O–H groups in total. The number of hydrogen-bond donors (Lipinski definition) is 1. The predicted octanol–water partition coefficient (Wildman–Crippen LogP) is 1.50. The molecule has 0 radical (unpaired) electrons. The molecule has 0 aliphatic rings. The van der Waals surface area contributed by atoms with Gasteiger partial charge < -0.3 is 14.4 Å². The Bertz CT molecular complexity index is 657. The first kappa shape index (κ1) is 12.7. The molecule has 1 aromatic carbocycles. The summed E-state index contributed by atoms with van der Waals surface area (Å²) in [5.41, 5.74) is -0.763. The molecule has 0 saturated carbocycles. The van der Waals surface area contributed by atoms with E-state index >= 15 is 0 Å². The number of aromatic nitrogens is 1. The first-order chi connectivity index (χ1) is 9.22. The summed E-state index contributed by atoms with van der Waals surface area (Å²) >= 11 is 0. The summed E-state index contributed by atoms with van der Waals surface area (Å²) in [7, 11) is 0. The second-order valence-electron chi connectivity index (χ2n) is 3.85. The Kier molecular flexibility index (Phi) is 3.84. The Balaban J connectivity index is 2.05. The Labute approximate surface area is 109 Å². The summed E-state index contributed by atoms with van der Waals surface area (Å²) in [6.07, 6.45) is 1.44. The third-order valence-corrected chi connectivity index (χ3v) is 2.60. The number of ether oxygens (including phenoxy) is 1. The van der Waals surface area contributed by atoms with E-state index in [1.54, 1.807) is 6.07 Å². The van der Waals surface area contributed by atoms with Crippen molar-refractivity contribution in [2.45, 2.75) is 6.54 Å².